The van der Waals surface area contributed by atoms with Gasteiger partial charge >= 0.3 is 6.03 Å². The Balaban J connectivity index is 1.50. The van der Waals surface area contributed by atoms with Crippen LogP contribution in [-0.4, -0.2) is 33.5 Å². The number of hydrogen-bond donors (Lipinski definition) is 3. The predicted octanol–water partition coefficient (Wildman–Crippen LogP) is 2.31. The number of nitrogens with zero attached hydrogens (tertiary/aromatic N) is 2. The molecular formula is C16H20N4O2S. The van der Waals surface area contributed by atoms with Crippen molar-refractivity contribution in [2.24, 2.45) is 0 Å². The number of nitrogens with one attached hydrogen (secondary N) is 2. The van der Waals surface area contributed by atoms with Gasteiger partial charge in [0.1, 0.15) is 10.0 Å². The quantitative estimate of drug-likeness (QED) is 0.802. The summed E-state index contributed by atoms with van der Waals surface area (Å²) in [4.78, 5) is 11.9. The maximum absolute atomic E-state index is 11.9. The van der Waals surface area contributed by atoms with Crippen molar-refractivity contribution < 1.29 is 9.90 Å². The molecule has 1 heterocycles. The Morgan fingerprint density at radius 1 is 1.22 bits per heavy atom. The van der Waals surface area contributed by atoms with Crippen LogP contribution in [0, 0.1) is 0 Å². The Kier molecular flexibility index (Phi) is 5.19. The van der Waals surface area contributed by atoms with Gasteiger partial charge in [0.2, 0.25) is 0 Å². The number of aromatic nitrogens is 2. The lowest BCUT2D eigenvalue weighted by molar-refractivity contribution is 0.0943. The Hall–Kier alpha value is -1.99. The second kappa shape index (κ2) is 7.52. The zero-order valence-electron chi connectivity index (χ0n) is 12.7. The molecule has 0 spiro atoms. The highest BCUT2D eigenvalue weighted by molar-refractivity contribution is 7.14. The molecule has 3 N–H and O–H groups in total. The summed E-state index contributed by atoms with van der Waals surface area (Å²) in [5.74, 6) is 0. The molecule has 2 aromatic rings. The molecule has 7 heteroatoms. The van der Waals surface area contributed by atoms with E-state index in [0.717, 1.165) is 41.3 Å². The molecule has 1 aliphatic carbocycles. The number of benzene rings is 1. The molecule has 1 aliphatic rings. The molecule has 6 nitrogen and oxygen atoms in total. The minimum atomic E-state index is -0.444. The van der Waals surface area contributed by atoms with Crippen molar-refractivity contribution in [1.82, 2.24) is 20.8 Å². The van der Waals surface area contributed by atoms with Gasteiger partial charge in [-0.1, -0.05) is 54.5 Å². The first-order chi connectivity index (χ1) is 11.2. The van der Waals surface area contributed by atoms with Crippen LogP contribution < -0.4 is 10.6 Å². The molecule has 1 saturated carbocycles. The van der Waals surface area contributed by atoms with Gasteiger partial charge in [0.25, 0.3) is 0 Å². The molecule has 122 valence electrons. The molecule has 0 radical (unpaired) electrons. The lowest BCUT2D eigenvalue weighted by Gasteiger charge is -2.28. The highest BCUT2D eigenvalue weighted by Gasteiger charge is 2.24. The predicted molar refractivity (Wildman–Crippen MR) is 89.0 cm³/mol. The van der Waals surface area contributed by atoms with Gasteiger partial charge in [-0.25, -0.2) is 4.79 Å². The van der Waals surface area contributed by atoms with Crippen LogP contribution in [0.1, 0.15) is 30.7 Å². The van der Waals surface area contributed by atoms with Crippen molar-refractivity contribution >= 4 is 17.4 Å². The van der Waals surface area contributed by atoms with Gasteiger partial charge in [-0.15, -0.1) is 10.2 Å². The van der Waals surface area contributed by atoms with Gasteiger partial charge in [-0.3, -0.25) is 0 Å². The fourth-order valence-corrected chi connectivity index (χ4v) is 3.46. The van der Waals surface area contributed by atoms with Crippen molar-refractivity contribution in [2.75, 3.05) is 0 Å². The first-order valence-electron chi connectivity index (χ1n) is 7.82. The van der Waals surface area contributed by atoms with Crippen LogP contribution in [0.2, 0.25) is 0 Å². The second-order valence-electron chi connectivity index (χ2n) is 5.65. The number of amides is 2. The normalized spacial score (nSPS) is 20.9. The van der Waals surface area contributed by atoms with Crippen LogP contribution >= 0.6 is 11.3 Å². The van der Waals surface area contributed by atoms with Gasteiger partial charge in [-0.05, 0) is 12.8 Å². The van der Waals surface area contributed by atoms with E-state index in [0.29, 0.717) is 6.54 Å². The first-order valence-corrected chi connectivity index (χ1v) is 8.64. The molecule has 1 aromatic carbocycles. The summed E-state index contributed by atoms with van der Waals surface area (Å²) in [5, 5.41) is 25.3. The topological polar surface area (TPSA) is 87.1 Å². The zero-order valence-corrected chi connectivity index (χ0v) is 13.6. The summed E-state index contributed by atoms with van der Waals surface area (Å²) in [6, 6.07) is 9.40. The Labute approximate surface area is 139 Å². The Bertz CT molecular complexity index is 647. The number of aliphatic hydroxyl groups excluding tert-OH is 1. The lowest BCUT2D eigenvalue weighted by atomic mass is 9.93. The standard InChI is InChI=1S/C16H20N4O2S/c21-13-9-5-4-8-12(13)18-16(22)17-10-14-19-20-15(23-14)11-6-2-1-3-7-11/h1-3,6-7,12-13,21H,4-5,8-10H2,(H2,17,18,22)/t12-,13+/m1/s1. The number of urea groups is 1. The van der Waals surface area contributed by atoms with Crippen LogP contribution in [0.15, 0.2) is 30.3 Å². The van der Waals surface area contributed by atoms with E-state index in [1.807, 2.05) is 30.3 Å². The van der Waals surface area contributed by atoms with Crippen molar-refractivity contribution in [3.8, 4) is 10.6 Å². The maximum Gasteiger partial charge on any atom is 0.315 e. The number of carbonyl (C=O) groups is 1. The molecule has 23 heavy (non-hydrogen) atoms. The summed E-state index contributed by atoms with van der Waals surface area (Å²) in [6.07, 6.45) is 3.20. The molecule has 2 amide bonds. The summed E-state index contributed by atoms with van der Waals surface area (Å²) >= 11 is 1.46. The average molecular weight is 332 g/mol. The van der Waals surface area contributed by atoms with E-state index in [4.69, 9.17) is 0 Å². The Morgan fingerprint density at radius 3 is 2.78 bits per heavy atom. The molecule has 2 atom stereocenters. The van der Waals surface area contributed by atoms with E-state index in [2.05, 4.69) is 20.8 Å². The van der Waals surface area contributed by atoms with Gasteiger partial charge in [-0.2, -0.15) is 0 Å². The van der Waals surface area contributed by atoms with Crippen LogP contribution in [0.25, 0.3) is 10.6 Å². The molecule has 0 unspecified atom stereocenters. The summed E-state index contributed by atoms with van der Waals surface area (Å²) in [6.45, 7) is 0.332. The minimum absolute atomic E-state index is 0.155. The third-order valence-electron chi connectivity index (χ3n) is 3.93. The van der Waals surface area contributed by atoms with Crippen LogP contribution in [0.3, 0.4) is 0 Å². The average Bonchev–Trinajstić information content (AvgIpc) is 3.05. The van der Waals surface area contributed by atoms with E-state index >= 15 is 0 Å². The van der Waals surface area contributed by atoms with Crippen molar-refractivity contribution in [2.45, 2.75) is 44.4 Å². The maximum atomic E-state index is 11.9. The second-order valence-corrected chi connectivity index (χ2v) is 6.71. The summed E-state index contributed by atoms with van der Waals surface area (Å²) < 4.78 is 0. The number of hydrogen-bond acceptors (Lipinski definition) is 5. The number of carbonyl (C=O) groups excluding carboxylic acids is 1. The summed E-state index contributed by atoms with van der Waals surface area (Å²) in [7, 11) is 0. The van der Waals surface area contributed by atoms with Gasteiger partial charge < -0.3 is 15.7 Å². The lowest BCUT2D eigenvalue weighted by Crippen LogP contribution is -2.48. The fourth-order valence-electron chi connectivity index (χ4n) is 2.68. The monoisotopic (exact) mass is 332 g/mol. The van der Waals surface area contributed by atoms with Crippen LogP contribution in [-0.2, 0) is 6.54 Å². The fraction of sp³-hybridized carbons (Fsp3) is 0.438. The van der Waals surface area contributed by atoms with E-state index in [9.17, 15) is 9.90 Å². The van der Waals surface area contributed by atoms with Crippen molar-refractivity contribution in [1.29, 1.82) is 0 Å². The van der Waals surface area contributed by atoms with Gasteiger partial charge in [0.15, 0.2) is 0 Å². The third-order valence-corrected chi connectivity index (χ3v) is 4.91. The number of rotatable bonds is 4. The smallest absolute Gasteiger partial charge is 0.315 e. The van der Waals surface area contributed by atoms with E-state index in [1.165, 1.54) is 11.3 Å². The molecule has 1 fully saturated rings. The van der Waals surface area contributed by atoms with Crippen molar-refractivity contribution in [3.05, 3.63) is 35.3 Å². The SMILES string of the molecule is O=C(NCc1nnc(-c2ccccc2)s1)N[C@@H]1CCCC[C@@H]1O. The highest BCUT2D eigenvalue weighted by atomic mass is 32.1. The molecule has 1 aromatic heterocycles. The van der Waals surface area contributed by atoms with Crippen LogP contribution in [0.4, 0.5) is 4.79 Å². The van der Waals surface area contributed by atoms with E-state index < -0.39 is 6.10 Å². The van der Waals surface area contributed by atoms with Gasteiger partial charge in [0.05, 0.1) is 18.7 Å². The molecular weight excluding hydrogens is 312 g/mol. The third kappa shape index (κ3) is 4.27. The van der Waals surface area contributed by atoms with Crippen molar-refractivity contribution in [3.63, 3.8) is 0 Å². The Morgan fingerprint density at radius 2 is 2.00 bits per heavy atom. The molecule has 3 rings (SSSR count). The van der Waals surface area contributed by atoms with Crippen LogP contribution in [0.5, 0.6) is 0 Å². The van der Waals surface area contributed by atoms with Gasteiger partial charge in [0, 0.05) is 5.56 Å². The summed E-state index contributed by atoms with van der Waals surface area (Å²) in [5.41, 5.74) is 1.02. The largest absolute Gasteiger partial charge is 0.391 e. The molecule has 0 saturated heterocycles. The van der Waals surface area contributed by atoms with E-state index in [-0.39, 0.29) is 12.1 Å². The number of aliphatic hydroxyl groups is 1. The van der Waals surface area contributed by atoms with E-state index in [1.54, 1.807) is 0 Å². The first kappa shape index (κ1) is 15.9. The molecule has 0 bridgehead atoms. The molecule has 0 aliphatic heterocycles. The zero-order chi connectivity index (χ0) is 16.1. The highest BCUT2D eigenvalue weighted by Crippen LogP contribution is 2.23. The minimum Gasteiger partial charge on any atom is -0.391 e.